The lowest BCUT2D eigenvalue weighted by atomic mass is 10.1. The van der Waals surface area contributed by atoms with Gasteiger partial charge in [0.15, 0.2) is 5.96 Å². The van der Waals surface area contributed by atoms with Gasteiger partial charge in [0, 0.05) is 59.5 Å². The second-order valence-corrected chi connectivity index (χ2v) is 7.99. The van der Waals surface area contributed by atoms with Gasteiger partial charge in [0.1, 0.15) is 0 Å². The predicted molar refractivity (Wildman–Crippen MR) is 123 cm³/mol. The fourth-order valence-corrected chi connectivity index (χ4v) is 3.71. The largest absolute Gasteiger partial charge is 0.385 e. The minimum atomic E-state index is 0.665. The molecule has 1 heterocycles. The van der Waals surface area contributed by atoms with E-state index in [9.17, 15) is 0 Å². The van der Waals surface area contributed by atoms with Crippen molar-refractivity contribution in [2.75, 3.05) is 73.1 Å². The van der Waals surface area contributed by atoms with Crippen LogP contribution < -0.4 is 10.6 Å². The number of benzene rings is 1. The molecule has 2 N–H and O–H groups in total. The van der Waals surface area contributed by atoms with Gasteiger partial charge in [-0.1, -0.05) is 30.3 Å². The molecule has 1 saturated heterocycles. The number of guanidine groups is 1. The van der Waals surface area contributed by atoms with Crippen molar-refractivity contribution in [3.05, 3.63) is 35.9 Å². The van der Waals surface area contributed by atoms with Crippen molar-refractivity contribution < 1.29 is 4.74 Å². The molecule has 1 aliphatic rings. The molecule has 0 amide bonds. The smallest absolute Gasteiger partial charge is 0.191 e. The number of ether oxygens (including phenoxy) is 1. The van der Waals surface area contributed by atoms with E-state index in [-0.39, 0.29) is 0 Å². The highest BCUT2D eigenvalue weighted by atomic mass is 16.5. The number of rotatable bonds is 13. The van der Waals surface area contributed by atoms with Crippen molar-refractivity contribution in [2.45, 2.75) is 26.2 Å². The SMILES string of the molecule is CCNC(=NCC1CCN(CCc2ccccc2)C1)NCCN(C)CCCOC. The quantitative estimate of drug-likeness (QED) is 0.300. The Hall–Kier alpha value is -1.63. The van der Waals surface area contributed by atoms with Gasteiger partial charge in [0.2, 0.25) is 0 Å². The van der Waals surface area contributed by atoms with Crippen molar-refractivity contribution in [2.24, 2.45) is 10.9 Å². The summed E-state index contributed by atoms with van der Waals surface area (Å²) in [6, 6.07) is 10.8. The Morgan fingerprint density at radius 3 is 2.83 bits per heavy atom. The van der Waals surface area contributed by atoms with E-state index in [1.807, 2.05) is 0 Å². The zero-order valence-corrected chi connectivity index (χ0v) is 18.7. The molecule has 164 valence electrons. The van der Waals surface area contributed by atoms with Crippen LogP contribution in [-0.4, -0.2) is 88.9 Å². The summed E-state index contributed by atoms with van der Waals surface area (Å²) in [4.78, 5) is 9.77. The number of methoxy groups -OCH3 is 1. The number of aliphatic imine (C=N–C) groups is 1. The Balaban J connectivity index is 1.65. The highest BCUT2D eigenvalue weighted by Gasteiger charge is 2.21. The van der Waals surface area contributed by atoms with E-state index in [0.29, 0.717) is 5.92 Å². The third-order valence-electron chi connectivity index (χ3n) is 5.46. The van der Waals surface area contributed by atoms with E-state index in [0.717, 1.165) is 71.2 Å². The molecule has 1 aliphatic heterocycles. The molecule has 1 atom stereocenters. The Bertz CT molecular complexity index is 566. The lowest BCUT2D eigenvalue weighted by molar-refractivity contribution is 0.180. The second-order valence-electron chi connectivity index (χ2n) is 7.99. The number of nitrogens with one attached hydrogen (secondary N) is 2. The minimum Gasteiger partial charge on any atom is -0.385 e. The molecule has 1 fully saturated rings. The fourth-order valence-electron chi connectivity index (χ4n) is 3.71. The monoisotopic (exact) mass is 403 g/mol. The number of hydrogen-bond donors (Lipinski definition) is 2. The van der Waals surface area contributed by atoms with Crippen LogP contribution in [0.15, 0.2) is 35.3 Å². The lowest BCUT2D eigenvalue weighted by Crippen LogP contribution is -2.41. The van der Waals surface area contributed by atoms with Gasteiger partial charge >= 0.3 is 0 Å². The minimum absolute atomic E-state index is 0.665. The molecular formula is C23H41N5O. The summed E-state index contributed by atoms with van der Waals surface area (Å²) < 4.78 is 5.12. The van der Waals surface area contributed by atoms with E-state index in [1.165, 1.54) is 18.5 Å². The molecule has 1 unspecified atom stereocenters. The first-order chi connectivity index (χ1) is 14.2. The zero-order valence-electron chi connectivity index (χ0n) is 18.7. The first kappa shape index (κ1) is 23.6. The Morgan fingerprint density at radius 1 is 1.24 bits per heavy atom. The molecule has 1 aromatic rings. The molecule has 6 heteroatoms. The summed E-state index contributed by atoms with van der Waals surface area (Å²) in [7, 11) is 3.91. The summed E-state index contributed by atoms with van der Waals surface area (Å²) in [6.07, 6.45) is 3.46. The van der Waals surface area contributed by atoms with Gasteiger partial charge in [-0.25, -0.2) is 0 Å². The summed E-state index contributed by atoms with van der Waals surface area (Å²) in [5.41, 5.74) is 1.43. The van der Waals surface area contributed by atoms with E-state index >= 15 is 0 Å². The van der Waals surface area contributed by atoms with Crippen LogP contribution in [-0.2, 0) is 11.2 Å². The average molecular weight is 404 g/mol. The number of likely N-dealkylation sites (tertiary alicyclic amines) is 1. The van der Waals surface area contributed by atoms with Gasteiger partial charge in [-0.2, -0.15) is 0 Å². The van der Waals surface area contributed by atoms with E-state index < -0.39 is 0 Å². The molecule has 0 spiro atoms. The summed E-state index contributed by atoms with van der Waals surface area (Å²) >= 11 is 0. The number of likely N-dealkylation sites (N-methyl/N-ethyl adjacent to an activating group) is 1. The van der Waals surface area contributed by atoms with Crippen molar-refractivity contribution in [1.29, 1.82) is 0 Å². The molecule has 2 rings (SSSR count). The van der Waals surface area contributed by atoms with Gasteiger partial charge in [-0.3, -0.25) is 4.99 Å². The highest BCUT2D eigenvalue weighted by molar-refractivity contribution is 5.79. The molecule has 0 bridgehead atoms. The van der Waals surface area contributed by atoms with Crippen LogP contribution in [0.2, 0.25) is 0 Å². The van der Waals surface area contributed by atoms with Crippen molar-refractivity contribution in [1.82, 2.24) is 20.4 Å². The maximum atomic E-state index is 5.12. The highest BCUT2D eigenvalue weighted by Crippen LogP contribution is 2.17. The Kier molecular flexibility index (Phi) is 11.7. The van der Waals surface area contributed by atoms with Gasteiger partial charge < -0.3 is 25.2 Å². The van der Waals surface area contributed by atoms with Crippen LogP contribution >= 0.6 is 0 Å². The Morgan fingerprint density at radius 2 is 2.07 bits per heavy atom. The molecule has 6 nitrogen and oxygen atoms in total. The molecule has 0 saturated carbocycles. The topological polar surface area (TPSA) is 52.1 Å². The van der Waals surface area contributed by atoms with Crippen LogP contribution in [0.5, 0.6) is 0 Å². The molecule has 29 heavy (non-hydrogen) atoms. The third kappa shape index (κ3) is 10.1. The predicted octanol–water partition coefficient (Wildman–Crippen LogP) is 2.07. The van der Waals surface area contributed by atoms with E-state index in [1.54, 1.807) is 7.11 Å². The van der Waals surface area contributed by atoms with Gasteiger partial charge in [0.05, 0.1) is 0 Å². The Labute approximate surface area is 177 Å². The summed E-state index contributed by atoms with van der Waals surface area (Å²) in [5.74, 6) is 1.61. The maximum absolute atomic E-state index is 5.12. The zero-order chi connectivity index (χ0) is 20.7. The molecule has 1 aromatic carbocycles. The molecular weight excluding hydrogens is 362 g/mol. The normalized spacial score (nSPS) is 17.8. The number of hydrogen-bond acceptors (Lipinski definition) is 4. The van der Waals surface area contributed by atoms with Gasteiger partial charge in [-0.05, 0) is 51.3 Å². The standard InChI is InChI=1S/C23H41N5O/c1-4-24-23(25-13-17-27(2)14-8-18-29-3)26-19-22-12-16-28(20-22)15-11-21-9-6-5-7-10-21/h5-7,9-10,22H,4,8,11-20H2,1-3H3,(H2,24,25,26). The van der Waals surface area contributed by atoms with Crippen LogP contribution in [0.25, 0.3) is 0 Å². The van der Waals surface area contributed by atoms with Crippen molar-refractivity contribution in [3.8, 4) is 0 Å². The maximum Gasteiger partial charge on any atom is 0.191 e. The van der Waals surface area contributed by atoms with Crippen LogP contribution in [0.4, 0.5) is 0 Å². The first-order valence-electron chi connectivity index (χ1n) is 11.2. The van der Waals surface area contributed by atoms with Crippen LogP contribution in [0.1, 0.15) is 25.3 Å². The molecule has 0 aliphatic carbocycles. The van der Waals surface area contributed by atoms with Crippen LogP contribution in [0.3, 0.4) is 0 Å². The molecule has 0 aromatic heterocycles. The van der Waals surface area contributed by atoms with Crippen molar-refractivity contribution in [3.63, 3.8) is 0 Å². The fraction of sp³-hybridized carbons (Fsp3) is 0.696. The van der Waals surface area contributed by atoms with Gasteiger partial charge in [0.25, 0.3) is 0 Å². The average Bonchev–Trinajstić information content (AvgIpc) is 3.19. The van der Waals surface area contributed by atoms with Crippen molar-refractivity contribution >= 4 is 5.96 Å². The van der Waals surface area contributed by atoms with Gasteiger partial charge in [-0.15, -0.1) is 0 Å². The summed E-state index contributed by atoms with van der Waals surface area (Å²) in [5, 5.41) is 6.85. The van der Waals surface area contributed by atoms with Crippen LogP contribution in [0, 0.1) is 5.92 Å². The lowest BCUT2D eigenvalue weighted by Gasteiger charge is -2.18. The first-order valence-corrected chi connectivity index (χ1v) is 11.2. The number of nitrogens with zero attached hydrogens (tertiary/aromatic N) is 3. The summed E-state index contributed by atoms with van der Waals surface area (Å²) in [6.45, 7) is 11.2. The molecule has 0 radical (unpaired) electrons. The van der Waals surface area contributed by atoms with E-state index in [2.05, 4.69) is 64.7 Å². The van der Waals surface area contributed by atoms with E-state index in [4.69, 9.17) is 9.73 Å². The second kappa shape index (κ2) is 14.4. The third-order valence-corrected chi connectivity index (χ3v) is 5.46.